The fourth-order valence-corrected chi connectivity index (χ4v) is 2.87. The Bertz CT molecular complexity index is 496. The number of halogens is 1. The van der Waals surface area contributed by atoms with Gasteiger partial charge in [0.05, 0.1) is 4.91 Å². The predicted molar refractivity (Wildman–Crippen MR) is 72.0 cm³/mol. The molecule has 1 heterocycles. The number of hydrogen-bond donors (Lipinski definition) is 0. The van der Waals surface area contributed by atoms with Gasteiger partial charge in [-0.25, -0.2) is 4.39 Å². The zero-order chi connectivity index (χ0) is 12.4. The van der Waals surface area contributed by atoms with Gasteiger partial charge in [0.2, 0.25) is 0 Å². The Labute approximate surface area is 108 Å². The molecule has 0 aliphatic carbocycles. The molecule has 0 radical (unpaired) electrons. The maximum absolute atomic E-state index is 12.7. The Balaban J connectivity index is 2.27. The van der Waals surface area contributed by atoms with E-state index in [0.29, 0.717) is 15.8 Å². The molecule has 1 aromatic carbocycles. The smallest absolute Gasteiger partial charge is 0.266 e. The average Bonchev–Trinajstić information content (AvgIpc) is 2.57. The molecular formula is C12H10FNOS2. The largest absolute Gasteiger partial charge is 0.293 e. The molecule has 1 aromatic rings. The van der Waals surface area contributed by atoms with Gasteiger partial charge in [0.25, 0.3) is 5.91 Å². The molecule has 1 saturated heterocycles. The van der Waals surface area contributed by atoms with Crippen molar-refractivity contribution in [1.82, 2.24) is 4.90 Å². The molecule has 2 rings (SSSR count). The van der Waals surface area contributed by atoms with Crippen molar-refractivity contribution in [2.45, 2.75) is 6.92 Å². The Morgan fingerprint density at radius 3 is 2.59 bits per heavy atom. The summed E-state index contributed by atoms with van der Waals surface area (Å²) < 4.78 is 13.3. The number of rotatable bonds is 2. The van der Waals surface area contributed by atoms with E-state index in [4.69, 9.17) is 12.2 Å². The van der Waals surface area contributed by atoms with Gasteiger partial charge in [0.15, 0.2) is 0 Å². The summed E-state index contributed by atoms with van der Waals surface area (Å²) in [5, 5.41) is 0. The highest BCUT2D eigenvalue weighted by molar-refractivity contribution is 8.26. The third-order valence-corrected chi connectivity index (χ3v) is 3.74. The van der Waals surface area contributed by atoms with Crippen molar-refractivity contribution >= 4 is 40.3 Å². The topological polar surface area (TPSA) is 20.3 Å². The first-order valence-corrected chi connectivity index (χ1v) is 6.35. The molecule has 0 spiro atoms. The van der Waals surface area contributed by atoms with Gasteiger partial charge >= 0.3 is 0 Å². The Kier molecular flexibility index (Phi) is 3.59. The van der Waals surface area contributed by atoms with E-state index in [9.17, 15) is 9.18 Å². The van der Waals surface area contributed by atoms with E-state index in [0.717, 1.165) is 5.56 Å². The maximum Gasteiger partial charge on any atom is 0.266 e. The Morgan fingerprint density at radius 1 is 1.41 bits per heavy atom. The first-order chi connectivity index (χ1) is 8.11. The first-order valence-electron chi connectivity index (χ1n) is 5.12. The minimum Gasteiger partial charge on any atom is -0.293 e. The summed E-state index contributed by atoms with van der Waals surface area (Å²) in [6.45, 7) is 2.46. The van der Waals surface area contributed by atoms with Crippen LogP contribution < -0.4 is 0 Å². The fraction of sp³-hybridized carbons (Fsp3) is 0.167. The maximum atomic E-state index is 12.7. The third-order valence-electron chi connectivity index (χ3n) is 2.36. The monoisotopic (exact) mass is 267 g/mol. The van der Waals surface area contributed by atoms with Gasteiger partial charge in [-0.15, -0.1) is 0 Å². The lowest BCUT2D eigenvalue weighted by Crippen LogP contribution is -2.27. The summed E-state index contributed by atoms with van der Waals surface area (Å²) in [5.74, 6) is -0.366. The van der Waals surface area contributed by atoms with Crippen LogP contribution >= 0.6 is 24.0 Å². The summed E-state index contributed by atoms with van der Waals surface area (Å²) in [6.07, 6.45) is 1.73. The summed E-state index contributed by atoms with van der Waals surface area (Å²) in [7, 11) is 0. The molecule has 0 atom stereocenters. The van der Waals surface area contributed by atoms with E-state index >= 15 is 0 Å². The van der Waals surface area contributed by atoms with E-state index in [1.807, 2.05) is 6.92 Å². The Hall–Kier alpha value is -1.20. The van der Waals surface area contributed by atoms with Crippen molar-refractivity contribution in [3.8, 4) is 0 Å². The summed E-state index contributed by atoms with van der Waals surface area (Å²) >= 11 is 6.38. The van der Waals surface area contributed by atoms with E-state index in [-0.39, 0.29) is 11.7 Å². The highest BCUT2D eigenvalue weighted by Crippen LogP contribution is 2.32. The van der Waals surface area contributed by atoms with Gasteiger partial charge in [0.1, 0.15) is 10.1 Å². The van der Waals surface area contributed by atoms with E-state index < -0.39 is 0 Å². The highest BCUT2D eigenvalue weighted by atomic mass is 32.2. The number of carbonyl (C=O) groups is 1. The van der Waals surface area contributed by atoms with Crippen molar-refractivity contribution in [2.24, 2.45) is 0 Å². The fourth-order valence-electron chi connectivity index (χ4n) is 1.48. The molecule has 5 heteroatoms. The van der Waals surface area contributed by atoms with E-state index in [1.165, 1.54) is 23.9 Å². The van der Waals surface area contributed by atoms with Crippen LogP contribution in [0.25, 0.3) is 6.08 Å². The second-order valence-electron chi connectivity index (χ2n) is 3.48. The molecular weight excluding hydrogens is 257 g/mol. The van der Waals surface area contributed by atoms with Crippen LogP contribution in [0.3, 0.4) is 0 Å². The molecule has 1 aliphatic heterocycles. The van der Waals surface area contributed by atoms with E-state index in [2.05, 4.69) is 0 Å². The van der Waals surface area contributed by atoms with Crippen molar-refractivity contribution in [2.75, 3.05) is 6.54 Å². The van der Waals surface area contributed by atoms with Crippen LogP contribution in [0.2, 0.25) is 0 Å². The number of carbonyl (C=O) groups excluding carboxylic acids is 1. The van der Waals surface area contributed by atoms with Crippen LogP contribution in [0, 0.1) is 5.82 Å². The normalized spacial score (nSPS) is 18.2. The number of nitrogens with zero attached hydrogens (tertiary/aromatic N) is 1. The highest BCUT2D eigenvalue weighted by Gasteiger charge is 2.30. The number of thiocarbonyl (C=S) groups is 1. The third kappa shape index (κ3) is 2.56. The average molecular weight is 267 g/mol. The summed E-state index contributed by atoms with van der Waals surface area (Å²) in [4.78, 5) is 14.0. The number of benzene rings is 1. The number of hydrogen-bond acceptors (Lipinski definition) is 3. The number of thioether (sulfide) groups is 1. The first kappa shape index (κ1) is 12.3. The molecule has 0 N–H and O–H groups in total. The standard InChI is InChI=1S/C12H10FNOS2/c1-2-14-11(15)10(17-12(14)16)7-8-3-5-9(13)6-4-8/h3-7H,2H2,1H3/b10-7+. The van der Waals surface area contributed by atoms with Crippen LogP contribution in [0.1, 0.15) is 12.5 Å². The quantitative estimate of drug-likeness (QED) is 0.607. The van der Waals surface area contributed by atoms with Gasteiger partial charge in [-0.05, 0) is 30.7 Å². The summed E-state index contributed by atoms with van der Waals surface area (Å²) in [6, 6.07) is 6.00. The second-order valence-corrected chi connectivity index (χ2v) is 5.15. The molecule has 88 valence electrons. The van der Waals surface area contributed by atoms with Gasteiger partial charge in [-0.1, -0.05) is 36.1 Å². The second kappa shape index (κ2) is 4.98. The predicted octanol–water partition coefficient (Wildman–Crippen LogP) is 3.05. The lowest BCUT2D eigenvalue weighted by atomic mass is 10.2. The molecule has 1 aliphatic rings. The molecule has 17 heavy (non-hydrogen) atoms. The van der Waals surface area contributed by atoms with Gasteiger partial charge in [0, 0.05) is 6.54 Å². The van der Waals surface area contributed by atoms with Crippen molar-refractivity contribution in [3.63, 3.8) is 0 Å². The molecule has 2 nitrogen and oxygen atoms in total. The minimum absolute atomic E-state index is 0.0770. The summed E-state index contributed by atoms with van der Waals surface area (Å²) in [5.41, 5.74) is 0.794. The van der Waals surface area contributed by atoms with Crippen LogP contribution in [0.15, 0.2) is 29.2 Å². The minimum atomic E-state index is -0.289. The lowest BCUT2D eigenvalue weighted by Gasteiger charge is -2.09. The van der Waals surface area contributed by atoms with Crippen LogP contribution in [0.4, 0.5) is 4.39 Å². The molecule has 0 saturated carbocycles. The van der Waals surface area contributed by atoms with Crippen LogP contribution in [0.5, 0.6) is 0 Å². The SMILES string of the molecule is CCN1C(=O)/C(=C\c2ccc(F)cc2)SC1=S. The van der Waals surface area contributed by atoms with Crippen molar-refractivity contribution in [1.29, 1.82) is 0 Å². The molecule has 0 unspecified atom stereocenters. The van der Waals surface area contributed by atoms with Gasteiger partial charge < -0.3 is 0 Å². The zero-order valence-corrected chi connectivity index (χ0v) is 10.8. The van der Waals surface area contributed by atoms with E-state index in [1.54, 1.807) is 23.1 Å². The zero-order valence-electron chi connectivity index (χ0n) is 9.14. The number of likely N-dealkylation sites (N-methyl/N-ethyl adjacent to an activating group) is 1. The molecule has 0 aromatic heterocycles. The van der Waals surface area contributed by atoms with Gasteiger partial charge in [-0.2, -0.15) is 0 Å². The van der Waals surface area contributed by atoms with Gasteiger partial charge in [-0.3, -0.25) is 9.69 Å². The Morgan fingerprint density at radius 2 is 2.06 bits per heavy atom. The molecule has 1 amide bonds. The number of amides is 1. The van der Waals surface area contributed by atoms with Crippen molar-refractivity contribution < 1.29 is 9.18 Å². The van der Waals surface area contributed by atoms with Crippen molar-refractivity contribution in [3.05, 3.63) is 40.6 Å². The molecule has 1 fully saturated rings. The molecule has 0 bridgehead atoms. The van der Waals surface area contributed by atoms with Crippen LogP contribution in [-0.4, -0.2) is 21.7 Å². The lowest BCUT2D eigenvalue weighted by molar-refractivity contribution is -0.121. The van der Waals surface area contributed by atoms with Crippen LogP contribution in [-0.2, 0) is 4.79 Å².